The van der Waals surface area contributed by atoms with Gasteiger partial charge in [0.05, 0.1) is 10.6 Å². The van der Waals surface area contributed by atoms with Crippen LogP contribution < -0.4 is 19.7 Å². The normalized spacial score (nSPS) is 19.8. The first kappa shape index (κ1) is 27.1. The van der Waals surface area contributed by atoms with Gasteiger partial charge in [0.2, 0.25) is 0 Å². The summed E-state index contributed by atoms with van der Waals surface area (Å²) in [5.74, 6) is 1.28. The highest BCUT2D eigenvalue weighted by Crippen LogP contribution is 2.45. The van der Waals surface area contributed by atoms with E-state index in [1.165, 1.54) is 0 Å². The first-order valence-electron chi connectivity index (χ1n) is 13.1. The molecule has 7 nitrogen and oxygen atoms in total. The van der Waals surface area contributed by atoms with Crippen LogP contribution in [0.1, 0.15) is 42.0 Å². The van der Waals surface area contributed by atoms with E-state index in [-0.39, 0.29) is 16.2 Å². The molecule has 2 aliphatic heterocycles. The van der Waals surface area contributed by atoms with Crippen LogP contribution in [0.2, 0.25) is 0 Å². The molecule has 0 spiro atoms. The lowest BCUT2D eigenvalue weighted by Crippen LogP contribution is -2.45. The molecule has 1 fully saturated rings. The summed E-state index contributed by atoms with van der Waals surface area (Å²) in [6.07, 6.45) is 2.30. The van der Waals surface area contributed by atoms with Crippen molar-refractivity contribution >= 4 is 39.4 Å². The van der Waals surface area contributed by atoms with Crippen molar-refractivity contribution in [3.63, 3.8) is 0 Å². The Kier molecular flexibility index (Phi) is 7.11. The minimum atomic E-state index is -0.443. The van der Waals surface area contributed by atoms with Crippen LogP contribution in [0.15, 0.2) is 47.9 Å². The SMILES string of the molecule is C=C1SC(=O)N(c2ccc3ccccc3c2OCC(CC2(C)CCc3c(C)c(O)c(C)c(C)c3O2)NC)C1=O. The van der Waals surface area contributed by atoms with Crippen LogP contribution in [0.25, 0.3) is 10.8 Å². The molecule has 0 aliphatic carbocycles. The second-order valence-corrected chi connectivity index (χ2v) is 11.7. The number of hydrogen-bond acceptors (Lipinski definition) is 7. The largest absolute Gasteiger partial charge is 0.507 e. The van der Waals surface area contributed by atoms with Crippen LogP contribution in [0.5, 0.6) is 17.2 Å². The summed E-state index contributed by atoms with van der Waals surface area (Å²) in [6.45, 7) is 12.0. The molecule has 0 aromatic heterocycles. The molecule has 5 rings (SSSR count). The van der Waals surface area contributed by atoms with Crippen molar-refractivity contribution < 1.29 is 24.2 Å². The smallest absolute Gasteiger partial charge is 0.298 e. The first-order valence-corrected chi connectivity index (χ1v) is 13.9. The van der Waals surface area contributed by atoms with Crippen molar-refractivity contribution in [3.8, 4) is 17.2 Å². The Morgan fingerprint density at radius 2 is 1.90 bits per heavy atom. The Morgan fingerprint density at radius 1 is 1.15 bits per heavy atom. The lowest BCUT2D eigenvalue weighted by Gasteiger charge is -2.40. The molecular weight excluding hydrogens is 512 g/mol. The lowest BCUT2D eigenvalue weighted by atomic mass is 9.84. The molecule has 2 atom stereocenters. The molecule has 39 heavy (non-hydrogen) atoms. The molecule has 2 amide bonds. The van der Waals surface area contributed by atoms with Gasteiger partial charge in [0.15, 0.2) is 5.75 Å². The van der Waals surface area contributed by atoms with Crippen molar-refractivity contribution in [3.05, 3.63) is 70.1 Å². The average Bonchev–Trinajstić information content (AvgIpc) is 3.18. The molecule has 3 aromatic carbocycles. The Balaban J connectivity index is 1.41. The number of fused-ring (bicyclic) bond motifs is 2. The minimum Gasteiger partial charge on any atom is -0.507 e. The number of hydrogen-bond donors (Lipinski definition) is 2. The molecule has 0 saturated carbocycles. The maximum atomic E-state index is 12.8. The molecule has 204 valence electrons. The van der Waals surface area contributed by atoms with Crippen molar-refractivity contribution in [1.29, 1.82) is 0 Å². The van der Waals surface area contributed by atoms with Gasteiger partial charge in [0.25, 0.3) is 11.1 Å². The fraction of sp³-hybridized carbons (Fsp3) is 0.355. The number of aromatic hydroxyl groups is 1. The quantitative estimate of drug-likeness (QED) is 0.335. The standard InChI is InChI=1S/C31H34N2O5S/c1-17-18(2)27-23(19(3)26(17)34)13-14-31(5,38-27)15-22(32-6)16-37-28-24-10-8-7-9-21(24)11-12-25(28)33-29(35)20(4)39-30(33)36/h7-12,22,32,34H,4,13-16H2,1-3,5-6H3. The predicted octanol–water partition coefficient (Wildman–Crippen LogP) is 6.32. The van der Waals surface area contributed by atoms with Crippen LogP contribution in [0, 0.1) is 20.8 Å². The maximum Gasteiger partial charge on any atom is 0.298 e. The second-order valence-electron chi connectivity index (χ2n) is 10.7. The Bertz CT molecular complexity index is 1520. The summed E-state index contributed by atoms with van der Waals surface area (Å²) in [4.78, 5) is 26.8. The van der Waals surface area contributed by atoms with E-state index in [2.05, 4.69) is 18.8 Å². The third-order valence-corrected chi connectivity index (χ3v) is 8.82. The van der Waals surface area contributed by atoms with E-state index in [1.54, 1.807) is 6.07 Å². The lowest BCUT2D eigenvalue weighted by molar-refractivity contribution is -0.113. The number of rotatable bonds is 7. The fourth-order valence-electron chi connectivity index (χ4n) is 5.56. The zero-order valence-corrected chi connectivity index (χ0v) is 23.8. The molecule has 3 aromatic rings. The zero-order valence-electron chi connectivity index (χ0n) is 23.0. The van der Waals surface area contributed by atoms with E-state index in [1.807, 2.05) is 58.2 Å². The number of nitrogens with zero attached hydrogens (tertiary/aromatic N) is 1. The third kappa shape index (κ3) is 4.76. The summed E-state index contributed by atoms with van der Waals surface area (Å²) in [6, 6.07) is 11.3. The van der Waals surface area contributed by atoms with E-state index >= 15 is 0 Å². The topological polar surface area (TPSA) is 88.1 Å². The van der Waals surface area contributed by atoms with Crippen LogP contribution in [-0.2, 0) is 11.2 Å². The monoisotopic (exact) mass is 546 g/mol. The van der Waals surface area contributed by atoms with Gasteiger partial charge >= 0.3 is 0 Å². The van der Waals surface area contributed by atoms with E-state index in [0.29, 0.717) is 30.2 Å². The average molecular weight is 547 g/mol. The number of likely N-dealkylation sites (N-methyl/N-ethyl adjacent to an activating group) is 1. The second kappa shape index (κ2) is 10.2. The third-order valence-electron chi connectivity index (χ3n) is 8.04. The van der Waals surface area contributed by atoms with Crippen LogP contribution >= 0.6 is 11.8 Å². The molecule has 0 radical (unpaired) electrons. The van der Waals surface area contributed by atoms with Gasteiger partial charge in [-0.2, -0.15) is 0 Å². The van der Waals surface area contributed by atoms with Crippen molar-refractivity contribution in [1.82, 2.24) is 5.32 Å². The van der Waals surface area contributed by atoms with Gasteiger partial charge in [-0.3, -0.25) is 9.59 Å². The van der Waals surface area contributed by atoms with Gasteiger partial charge in [-0.15, -0.1) is 0 Å². The maximum absolute atomic E-state index is 12.8. The number of nitrogens with one attached hydrogen (secondary N) is 1. The minimum absolute atomic E-state index is 0.0719. The number of amides is 2. The molecule has 1 saturated heterocycles. The number of benzene rings is 3. The van der Waals surface area contributed by atoms with Gasteiger partial charge in [-0.1, -0.05) is 36.9 Å². The van der Waals surface area contributed by atoms with Gasteiger partial charge < -0.3 is 19.9 Å². The van der Waals surface area contributed by atoms with Crippen LogP contribution in [0.3, 0.4) is 0 Å². The van der Waals surface area contributed by atoms with Crippen molar-refractivity contribution in [2.45, 2.75) is 58.6 Å². The van der Waals surface area contributed by atoms with Gasteiger partial charge in [-0.05, 0) is 87.5 Å². The summed E-state index contributed by atoms with van der Waals surface area (Å²) in [5, 5.41) is 15.3. The highest BCUT2D eigenvalue weighted by molar-refractivity contribution is 8.18. The number of carbonyl (C=O) groups excluding carboxylic acids is 2. The Morgan fingerprint density at radius 3 is 2.59 bits per heavy atom. The van der Waals surface area contributed by atoms with Crippen molar-refractivity contribution in [2.24, 2.45) is 0 Å². The molecule has 2 N–H and O–H groups in total. The first-order chi connectivity index (χ1) is 18.5. The summed E-state index contributed by atoms with van der Waals surface area (Å²) < 4.78 is 13.1. The number of ether oxygens (including phenoxy) is 2. The molecule has 2 aliphatic rings. The number of phenols is 1. The summed E-state index contributed by atoms with van der Waals surface area (Å²) in [5.41, 5.74) is 3.75. The number of imide groups is 1. The molecule has 2 unspecified atom stereocenters. The van der Waals surface area contributed by atoms with Gasteiger partial charge in [-0.25, -0.2) is 4.90 Å². The number of anilines is 1. The molecule has 2 heterocycles. The van der Waals surface area contributed by atoms with Crippen LogP contribution in [-0.4, -0.2) is 41.6 Å². The van der Waals surface area contributed by atoms with E-state index in [9.17, 15) is 14.7 Å². The zero-order chi connectivity index (χ0) is 28.1. The molecule has 0 bridgehead atoms. The van der Waals surface area contributed by atoms with E-state index in [0.717, 1.165) is 68.3 Å². The summed E-state index contributed by atoms with van der Waals surface area (Å²) in [7, 11) is 1.89. The van der Waals surface area contributed by atoms with Crippen molar-refractivity contribution in [2.75, 3.05) is 18.6 Å². The Hall–Kier alpha value is -3.49. The number of thioether (sulfide) groups is 1. The molecule has 8 heteroatoms. The summed E-state index contributed by atoms with van der Waals surface area (Å²) >= 11 is 0.838. The Labute approximate surface area is 233 Å². The fourth-order valence-corrected chi connectivity index (χ4v) is 6.22. The van der Waals surface area contributed by atoms with Gasteiger partial charge in [0.1, 0.15) is 23.7 Å². The number of phenolic OH excluding ortho intramolecular Hbond substituents is 1. The molecular formula is C31H34N2O5S. The van der Waals surface area contributed by atoms with E-state index < -0.39 is 11.5 Å². The van der Waals surface area contributed by atoms with E-state index in [4.69, 9.17) is 9.47 Å². The van der Waals surface area contributed by atoms with Crippen LogP contribution in [0.4, 0.5) is 10.5 Å². The highest BCUT2D eigenvalue weighted by Gasteiger charge is 2.39. The highest BCUT2D eigenvalue weighted by atomic mass is 32.2. The number of carbonyl (C=O) groups is 2. The predicted molar refractivity (Wildman–Crippen MR) is 156 cm³/mol. The van der Waals surface area contributed by atoms with Gasteiger partial charge in [0, 0.05) is 23.4 Å².